The van der Waals surface area contributed by atoms with Gasteiger partial charge in [0, 0.05) is 33.4 Å². The van der Waals surface area contributed by atoms with E-state index in [0.29, 0.717) is 39.0 Å². The molecule has 134 valence electrons. The molecule has 24 heavy (non-hydrogen) atoms. The Morgan fingerprint density at radius 2 is 2.08 bits per heavy atom. The number of rotatable bonds is 7. The lowest BCUT2D eigenvalue weighted by Gasteiger charge is -2.31. The molecule has 1 N–H and O–H groups in total. The van der Waals surface area contributed by atoms with Crippen molar-refractivity contribution < 1.29 is 22.3 Å². The summed E-state index contributed by atoms with van der Waals surface area (Å²) in [4.78, 5) is 12.2. The topological polar surface area (TPSA) is 75.7 Å². The van der Waals surface area contributed by atoms with E-state index < -0.39 is 15.8 Å². The van der Waals surface area contributed by atoms with E-state index in [4.69, 9.17) is 4.74 Å². The molecule has 1 aliphatic heterocycles. The lowest BCUT2D eigenvalue weighted by molar-refractivity contribution is -0.126. The van der Waals surface area contributed by atoms with Crippen molar-refractivity contribution in [3.05, 3.63) is 30.1 Å². The Hall–Kier alpha value is -1.51. The van der Waals surface area contributed by atoms with Crippen molar-refractivity contribution in [1.82, 2.24) is 9.62 Å². The van der Waals surface area contributed by atoms with Gasteiger partial charge >= 0.3 is 0 Å². The highest BCUT2D eigenvalue weighted by Crippen LogP contribution is 2.24. The number of halogens is 1. The second-order valence-electron chi connectivity index (χ2n) is 5.79. The highest BCUT2D eigenvalue weighted by atomic mass is 32.2. The lowest BCUT2D eigenvalue weighted by Crippen LogP contribution is -2.45. The molecule has 0 aromatic heterocycles. The molecule has 1 aromatic rings. The van der Waals surface area contributed by atoms with Crippen LogP contribution in [-0.4, -0.2) is 52.0 Å². The number of benzene rings is 1. The van der Waals surface area contributed by atoms with Gasteiger partial charge in [0.2, 0.25) is 15.9 Å². The van der Waals surface area contributed by atoms with E-state index in [9.17, 15) is 17.6 Å². The molecular formula is C16H23FN2O4S. The quantitative estimate of drug-likeness (QED) is 0.747. The second-order valence-corrected chi connectivity index (χ2v) is 7.73. The Bertz CT molecular complexity index is 649. The molecule has 0 aliphatic carbocycles. The van der Waals surface area contributed by atoms with Crippen molar-refractivity contribution in [1.29, 1.82) is 0 Å². The first kappa shape index (κ1) is 18.8. The molecule has 0 spiro atoms. The van der Waals surface area contributed by atoms with E-state index in [0.717, 1.165) is 12.1 Å². The fraction of sp³-hybridized carbons (Fsp3) is 0.562. The smallest absolute Gasteiger partial charge is 0.243 e. The molecule has 0 radical (unpaired) electrons. The van der Waals surface area contributed by atoms with Crippen molar-refractivity contribution in [2.45, 2.75) is 24.2 Å². The van der Waals surface area contributed by atoms with Crippen LogP contribution in [0.3, 0.4) is 0 Å². The number of nitrogens with zero attached hydrogens (tertiary/aromatic N) is 1. The highest BCUT2D eigenvalue weighted by Gasteiger charge is 2.33. The van der Waals surface area contributed by atoms with Crippen LogP contribution in [0.1, 0.15) is 19.3 Å². The van der Waals surface area contributed by atoms with Gasteiger partial charge in [0.25, 0.3) is 0 Å². The minimum Gasteiger partial charge on any atom is -0.385 e. The molecule has 1 amide bonds. The Morgan fingerprint density at radius 1 is 1.38 bits per heavy atom. The zero-order valence-corrected chi connectivity index (χ0v) is 14.5. The maximum atomic E-state index is 13.0. The van der Waals surface area contributed by atoms with Gasteiger partial charge in [0.05, 0.1) is 10.8 Å². The largest absolute Gasteiger partial charge is 0.385 e. The van der Waals surface area contributed by atoms with Crippen LogP contribution in [0.2, 0.25) is 0 Å². The van der Waals surface area contributed by atoms with Gasteiger partial charge in [-0.05, 0) is 43.5 Å². The zero-order chi connectivity index (χ0) is 17.6. The average molecular weight is 358 g/mol. The monoisotopic (exact) mass is 358 g/mol. The van der Waals surface area contributed by atoms with Crippen LogP contribution >= 0.6 is 0 Å². The van der Waals surface area contributed by atoms with Gasteiger partial charge in [-0.25, -0.2) is 12.8 Å². The van der Waals surface area contributed by atoms with E-state index in [1.54, 1.807) is 7.11 Å². The minimum absolute atomic E-state index is 0.0463. The van der Waals surface area contributed by atoms with E-state index in [1.165, 1.54) is 16.4 Å². The van der Waals surface area contributed by atoms with Gasteiger partial charge in [-0.2, -0.15) is 4.31 Å². The third-order valence-corrected chi connectivity index (χ3v) is 5.91. The second kappa shape index (κ2) is 8.55. The fourth-order valence-corrected chi connectivity index (χ4v) is 4.23. The molecule has 8 heteroatoms. The fourth-order valence-electron chi connectivity index (χ4n) is 2.70. The molecule has 1 aromatic carbocycles. The average Bonchev–Trinajstić information content (AvgIpc) is 2.59. The minimum atomic E-state index is -3.71. The molecule has 1 atom stereocenters. The number of nitrogens with one attached hydrogen (secondary N) is 1. The van der Waals surface area contributed by atoms with Crippen LogP contribution in [0.5, 0.6) is 0 Å². The van der Waals surface area contributed by atoms with Crippen LogP contribution in [-0.2, 0) is 19.6 Å². The first-order chi connectivity index (χ1) is 11.4. The maximum Gasteiger partial charge on any atom is 0.243 e. The van der Waals surface area contributed by atoms with Gasteiger partial charge in [-0.1, -0.05) is 0 Å². The standard InChI is InChI=1S/C16H23FN2O4S/c1-23-11-3-9-18-16(20)13-4-2-10-19(12-13)24(21,22)15-7-5-14(17)6-8-15/h5-8,13H,2-4,9-12H2,1H3,(H,18,20). The number of piperidine rings is 1. The zero-order valence-electron chi connectivity index (χ0n) is 13.7. The van der Waals surface area contributed by atoms with Crippen molar-refractivity contribution in [2.75, 3.05) is 33.4 Å². The molecule has 6 nitrogen and oxygen atoms in total. The van der Waals surface area contributed by atoms with E-state index in [2.05, 4.69) is 5.32 Å². The number of carbonyl (C=O) groups is 1. The number of hydrogen-bond donors (Lipinski definition) is 1. The summed E-state index contributed by atoms with van der Waals surface area (Å²) in [6.45, 7) is 1.59. The number of hydrogen-bond acceptors (Lipinski definition) is 4. The summed E-state index contributed by atoms with van der Waals surface area (Å²) in [5.41, 5.74) is 0. The Morgan fingerprint density at radius 3 is 2.75 bits per heavy atom. The predicted octanol–water partition coefficient (Wildman–Crippen LogP) is 1.38. The van der Waals surface area contributed by atoms with Crippen LogP contribution in [0.25, 0.3) is 0 Å². The molecule has 1 aliphatic rings. The van der Waals surface area contributed by atoms with Crippen LogP contribution < -0.4 is 5.32 Å². The van der Waals surface area contributed by atoms with Gasteiger partial charge in [-0.3, -0.25) is 4.79 Å². The molecule has 0 bridgehead atoms. The molecule has 1 heterocycles. The summed E-state index contributed by atoms with van der Waals surface area (Å²) in [5.74, 6) is -0.984. The molecule has 2 rings (SSSR count). The Balaban J connectivity index is 1.99. The number of methoxy groups -OCH3 is 1. The molecular weight excluding hydrogens is 335 g/mol. The van der Waals surface area contributed by atoms with Crippen molar-refractivity contribution in [3.63, 3.8) is 0 Å². The molecule has 1 saturated heterocycles. The summed E-state index contributed by atoms with van der Waals surface area (Å²) in [6.07, 6.45) is 1.99. The number of amides is 1. The van der Waals surface area contributed by atoms with Gasteiger partial charge in [-0.15, -0.1) is 0 Å². The summed E-state index contributed by atoms with van der Waals surface area (Å²) >= 11 is 0. The number of ether oxygens (including phenoxy) is 1. The maximum absolute atomic E-state index is 13.0. The Kier molecular flexibility index (Phi) is 6.70. The van der Waals surface area contributed by atoms with E-state index in [1.807, 2.05) is 0 Å². The van der Waals surface area contributed by atoms with Crippen LogP contribution in [0, 0.1) is 11.7 Å². The van der Waals surface area contributed by atoms with Crippen LogP contribution in [0.15, 0.2) is 29.2 Å². The van der Waals surface area contributed by atoms with Crippen molar-refractivity contribution in [2.24, 2.45) is 5.92 Å². The Labute approximate surface area is 142 Å². The third kappa shape index (κ3) is 4.75. The predicted molar refractivity (Wildman–Crippen MR) is 87.4 cm³/mol. The van der Waals surface area contributed by atoms with E-state index >= 15 is 0 Å². The van der Waals surface area contributed by atoms with Crippen molar-refractivity contribution >= 4 is 15.9 Å². The summed E-state index contributed by atoms with van der Waals surface area (Å²) in [7, 11) is -2.11. The third-order valence-electron chi connectivity index (χ3n) is 4.03. The molecule has 1 unspecified atom stereocenters. The summed E-state index contributed by atoms with van der Waals surface area (Å²) in [5, 5.41) is 2.82. The van der Waals surface area contributed by atoms with Gasteiger partial charge in [0.15, 0.2) is 0 Å². The highest BCUT2D eigenvalue weighted by molar-refractivity contribution is 7.89. The van der Waals surface area contributed by atoms with Crippen molar-refractivity contribution in [3.8, 4) is 0 Å². The van der Waals surface area contributed by atoms with E-state index in [-0.39, 0.29) is 23.3 Å². The summed E-state index contributed by atoms with van der Waals surface area (Å²) < 4.78 is 44.5. The number of sulfonamides is 1. The normalized spacial score (nSPS) is 19.2. The van der Waals surface area contributed by atoms with Gasteiger partial charge < -0.3 is 10.1 Å². The van der Waals surface area contributed by atoms with Gasteiger partial charge in [0.1, 0.15) is 5.82 Å². The van der Waals surface area contributed by atoms with Crippen LogP contribution in [0.4, 0.5) is 4.39 Å². The lowest BCUT2D eigenvalue weighted by atomic mass is 9.99. The first-order valence-corrected chi connectivity index (χ1v) is 9.41. The molecule has 1 fully saturated rings. The number of carbonyl (C=O) groups excluding carboxylic acids is 1. The first-order valence-electron chi connectivity index (χ1n) is 7.97. The summed E-state index contributed by atoms with van der Waals surface area (Å²) in [6, 6.07) is 4.74. The SMILES string of the molecule is COCCCNC(=O)C1CCCN(S(=O)(=O)c2ccc(F)cc2)C1. The molecule has 0 saturated carbocycles.